The van der Waals surface area contributed by atoms with E-state index in [1.54, 1.807) is 0 Å². The summed E-state index contributed by atoms with van der Waals surface area (Å²) >= 11 is 0. The predicted octanol–water partition coefficient (Wildman–Crippen LogP) is 2.99. The van der Waals surface area contributed by atoms with Crippen LogP contribution in [0.2, 0.25) is 0 Å². The zero-order valence-electron chi connectivity index (χ0n) is 12.3. The molecule has 0 atom stereocenters. The van der Waals surface area contributed by atoms with Gasteiger partial charge >= 0.3 is 0 Å². The number of anilines is 1. The molecule has 21 heavy (non-hydrogen) atoms. The summed E-state index contributed by atoms with van der Waals surface area (Å²) in [5, 5.41) is 14.0. The molecule has 0 bridgehead atoms. The second-order valence-electron chi connectivity index (χ2n) is 6.08. The Labute approximate surface area is 124 Å². The highest BCUT2D eigenvalue weighted by molar-refractivity contribution is 7.90. The number of sulfone groups is 1. The van der Waals surface area contributed by atoms with E-state index in [9.17, 15) is 18.5 Å². The Morgan fingerprint density at radius 3 is 2.48 bits per heavy atom. The molecule has 0 unspecified atom stereocenters. The largest absolute Gasteiger partial charge is 0.383 e. The Morgan fingerprint density at radius 2 is 1.95 bits per heavy atom. The number of hydrogen-bond acceptors (Lipinski definition) is 5. The number of non-ortho nitro benzene ring substituents is 1. The van der Waals surface area contributed by atoms with Crippen LogP contribution in [0.3, 0.4) is 0 Å². The van der Waals surface area contributed by atoms with Gasteiger partial charge in [-0.05, 0) is 24.3 Å². The first-order valence-electron chi connectivity index (χ1n) is 6.94. The van der Waals surface area contributed by atoms with Gasteiger partial charge in [0.15, 0.2) is 9.84 Å². The number of nitro groups is 1. The first-order valence-corrected chi connectivity index (χ1v) is 8.83. The molecule has 1 aromatic carbocycles. The van der Waals surface area contributed by atoms with Crippen LogP contribution in [0.5, 0.6) is 0 Å². The van der Waals surface area contributed by atoms with Crippen LogP contribution in [0.25, 0.3) is 0 Å². The lowest BCUT2D eigenvalue weighted by Crippen LogP contribution is -2.23. The van der Waals surface area contributed by atoms with Gasteiger partial charge in [-0.3, -0.25) is 10.1 Å². The quantitative estimate of drug-likeness (QED) is 0.667. The lowest BCUT2D eigenvalue weighted by molar-refractivity contribution is -0.385. The van der Waals surface area contributed by atoms with Gasteiger partial charge < -0.3 is 5.32 Å². The molecular weight excluding hydrogens is 292 g/mol. The molecule has 7 heteroatoms. The summed E-state index contributed by atoms with van der Waals surface area (Å²) in [7, 11) is -3.52. The molecule has 2 rings (SSSR count). The predicted molar refractivity (Wildman–Crippen MR) is 81.3 cm³/mol. The van der Waals surface area contributed by atoms with Crippen molar-refractivity contribution in [2.24, 2.45) is 5.41 Å². The molecule has 116 valence electrons. The number of hydrogen-bond donors (Lipinski definition) is 1. The second-order valence-corrected chi connectivity index (χ2v) is 8.07. The molecule has 1 aliphatic rings. The van der Waals surface area contributed by atoms with Crippen LogP contribution in [-0.4, -0.2) is 26.1 Å². The Morgan fingerprint density at radius 1 is 1.33 bits per heavy atom. The maximum absolute atomic E-state index is 11.8. The van der Waals surface area contributed by atoms with E-state index < -0.39 is 14.8 Å². The van der Waals surface area contributed by atoms with Crippen molar-refractivity contribution in [1.82, 2.24) is 0 Å². The highest BCUT2D eigenvalue weighted by Gasteiger charge is 2.29. The molecule has 0 aromatic heterocycles. The topological polar surface area (TPSA) is 89.3 Å². The van der Waals surface area contributed by atoms with E-state index in [4.69, 9.17) is 0 Å². The van der Waals surface area contributed by atoms with E-state index >= 15 is 0 Å². The maximum atomic E-state index is 11.8. The second kappa shape index (κ2) is 5.63. The molecule has 0 saturated heterocycles. The summed E-state index contributed by atoms with van der Waals surface area (Å²) in [6, 6.07) is 3.93. The zero-order chi connectivity index (χ0) is 15.7. The fourth-order valence-electron chi connectivity index (χ4n) is 2.79. The molecule has 0 amide bonds. The standard InChI is InChI=1S/C14H20N2O4S/c1-14(7-3-4-8-14)10-15-12-6-5-11(16(17)18)9-13(12)21(2,19)20/h5-6,9,15H,3-4,7-8,10H2,1-2H3. The summed E-state index contributed by atoms with van der Waals surface area (Å²) in [6.45, 7) is 2.85. The van der Waals surface area contributed by atoms with Crippen molar-refractivity contribution in [2.75, 3.05) is 18.1 Å². The van der Waals surface area contributed by atoms with Crippen LogP contribution in [0.1, 0.15) is 32.6 Å². The van der Waals surface area contributed by atoms with Crippen molar-refractivity contribution < 1.29 is 13.3 Å². The molecule has 1 aliphatic carbocycles. The SMILES string of the molecule is CC1(CNc2ccc([N+](=O)[O-])cc2S(C)(=O)=O)CCCC1. The number of nitrogens with zero attached hydrogens (tertiary/aromatic N) is 1. The third kappa shape index (κ3) is 3.72. The van der Waals surface area contributed by atoms with Crippen LogP contribution in [-0.2, 0) is 9.84 Å². The van der Waals surface area contributed by atoms with Crippen molar-refractivity contribution in [1.29, 1.82) is 0 Å². The monoisotopic (exact) mass is 312 g/mol. The summed E-state index contributed by atoms with van der Waals surface area (Å²) in [4.78, 5) is 10.2. The Balaban J connectivity index is 2.28. The Kier molecular flexibility index (Phi) is 4.22. The molecule has 1 saturated carbocycles. The molecule has 1 N–H and O–H groups in total. The van der Waals surface area contributed by atoms with Crippen molar-refractivity contribution in [3.63, 3.8) is 0 Å². The van der Waals surface area contributed by atoms with Gasteiger partial charge in [0.1, 0.15) is 0 Å². The summed E-state index contributed by atoms with van der Waals surface area (Å²) in [5.74, 6) is 0. The number of rotatable bonds is 5. The maximum Gasteiger partial charge on any atom is 0.270 e. The lowest BCUT2D eigenvalue weighted by Gasteiger charge is -2.25. The van der Waals surface area contributed by atoms with E-state index in [1.807, 2.05) is 0 Å². The lowest BCUT2D eigenvalue weighted by atomic mass is 9.89. The minimum absolute atomic E-state index is 0.0155. The minimum Gasteiger partial charge on any atom is -0.383 e. The Hall–Kier alpha value is -1.63. The van der Waals surface area contributed by atoms with Gasteiger partial charge in [0.25, 0.3) is 5.69 Å². The molecule has 0 radical (unpaired) electrons. The van der Waals surface area contributed by atoms with Gasteiger partial charge in [-0.1, -0.05) is 19.8 Å². The zero-order valence-corrected chi connectivity index (χ0v) is 13.1. The normalized spacial score (nSPS) is 17.6. The van der Waals surface area contributed by atoms with E-state index in [0.29, 0.717) is 12.2 Å². The van der Waals surface area contributed by atoms with Gasteiger partial charge in [-0.25, -0.2) is 8.42 Å². The van der Waals surface area contributed by atoms with Crippen LogP contribution >= 0.6 is 0 Å². The van der Waals surface area contributed by atoms with Crippen molar-refractivity contribution >= 4 is 21.2 Å². The molecule has 1 aromatic rings. The van der Waals surface area contributed by atoms with Crippen LogP contribution < -0.4 is 5.32 Å². The van der Waals surface area contributed by atoms with Gasteiger partial charge in [0, 0.05) is 24.9 Å². The van der Waals surface area contributed by atoms with Gasteiger partial charge in [-0.15, -0.1) is 0 Å². The molecular formula is C14H20N2O4S. The van der Waals surface area contributed by atoms with Crippen LogP contribution in [0.4, 0.5) is 11.4 Å². The molecule has 1 fully saturated rings. The minimum atomic E-state index is -3.52. The fraction of sp³-hybridized carbons (Fsp3) is 0.571. The number of benzene rings is 1. The Bertz CT molecular complexity index is 649. The van der Waals surface area contributed by atoms with E-state index in [0.717, 1.165) is 25.2 Å². The van der Waals surface area contributed by atoms with E-state index in [-0.39, 0.29) is 16.0 Å². The van der Waals surface area contributed by atoms with Gasteiger partial charge in [-0.2, -0.15) is 0 Å². The fourth-order valence-corrected chi connectivity index (χ4v) is 3.67. The average molecular weight is 312 g/mol. The molecule has 0 heterocycles. The van der Waals surface area contributed by atoms with Gasteiger partial charge in [0.05, 0.1) is 15.5 Å². The third-order valence-electron chi connectivity index (χ3n) is 4.09. The highest BCUT2D eigenvalue weighted by atomic mass is 32.2. The van der Waals surface area contributed by atoms with Crippen molar-refractivity contribution in [3.05, 3.63) is 28.3 Å². The summed E-state index contributed by atoms with van der Waals surface area (Å²) < 4.78 is 23.7. The van der Waals surface area contributed by atoms with Gasteiger partial charge in [0.2, 0.25) is 0 Å². The van der Waals surface area contributed by atoms with Crippen LogP contribution in [0.15, 0.2) is 23.1 Å². The van der Waals surface area contributed by atoms with E-state index in [2.05, 4.69) is 12.2 Å². The van der Waals surface area contributed by atoms with Crippen molar-refractivity contribution in [2.45, 2.75) is 37.5 Å². The van der Waals surface area contributed by atoms with E-state index in [1.165, 1.54) is 25.0 Å². The summed E-state index contributed by atoms with van der Waals surface area (Å²) in [5.41, 5.74) is 0.389. The first-order chi connectivity index (χ1) is 9.71. The molecule has 0 aliphatic heterocycles. The van der Waals surface area contributed by atoms with Crippen molar-refractivity contribution in [3.8, 4) is 0 Å². The highest BCUT2D eigenvalue weighted by Crippen LogP contribution is 2.38. The first kappa shape index (κ1) is 15.8. The summed E-state index contributed by atoms with van der Waals surface area (Å²) in [6.07, 6.45) is 5.67. The number of nitrogens with one attached hydrogen (secondary N) is 1. The van der Waals surface area contributed by atoms with Crippen LogP contribution in [0, 0.1) is 15.5 Å². The smallest absolute Gasteiger partial charge is 0.270 e. The third-order valence-corrected chi connectivity index (χ3v) is 5.23. The number of nitro benzene ring substituents is 1. The molecule has 6 nitrogen and oxygen atoms in total. The average Bonchev–Trinajstić information content (AvgIpc) is 2.82. The molecule has 0 spiro atoms.